The molecule has 2 aliphatic carbocycles. The lowest BCUT2D eigenvalue weighted by Crippen LogP contribution is -3.10. The van der Waals surface area contributed by atoms with E-state index in [9.17, 15) is 15.3 Å². The van der Waals surface area contributed by atoms with Crippen molar-refractivity contribution in [3.05, 3.63) is 95.7 Å². The number of anilines is 2. The highest BCUT2D eigenvalue weighted by atomic mass is 16.3. The van der Waals surface area contributed by atoms with Crippen LogP contribution >= 0.6 is 0 Å². The fourth-order valence-electron chi connectivity index (χ4n) is 5.33. The van der Waals surface area contributed by atoms with Crippen molar-refractivity contribution in [1.29, 1.82) is 0 Å². The number of quaternary nitrogens is 1. The molecule has 0 radical (unpaired) electrons. The van der Waals surface area contributed by atoms with Crippen LogP contribution in [0, 0.1) is 5.92 Å². The minimum atomic E-state index is -1.05. The Labute approximate surface area is 185 Å². The van der Waals surface area contributed by atoms with Gasteiger partial charge in [0.15, 0.2) is 6.10 Å². The second-order valence-electron chi connectivity index (χ2n) is 8.54. The molecule has 1 aliphatic heterocycles. The first kappa shape index (κ1) is 19.2. The molecule has 4 unspecified atom stereocenters. The molecule has 2 aromatic carbocycles. The lowest BCUT2D eigenvalue weighted by atomic mass is 10.0. The summed E-state index contributed by atoms with van der Waals surface area (Å²) in [5.41, 5.74) is 3.66. The molecule has 7 heteroatoms. The number of aliphatic hydroxyl groups excluding tert-OH is 3. The molecule has 6 rings (SSSR count). The van der Waals surface area contributed by atoms with Gasteiger partial charge in [-0.2, -0.15) is 4.98 Å². The van der Waals surface area contributed by atoms with Crippen molar-refractivity contribution < 1.29 is 20.2 Å². The lowest BCUT2D eigenvalue weighted by molar-refractivity contribution is -0.824. The van der Waals surface area contributed by atoms with Crippen molar-refractivity contribution in [2.45, 2.75) is 18.1 Å². The van der Waals surface area contributed by atoms with Crippen molar-refractivity contribution in [3.8, 4) is 0 Å². The van der Waals surface area contributed by atoms with Gasteiger partial charge >= 0.3 is 0 Å². The second-order valence-corrected chi connectivity index (χ2v) is 8.54. The first-order valence-corrected chi connectivity index (χ1v) is 10.7. The molecule has 0 saturated heterocycles. The average Bonchev–Trinajstić information content (AvgIpc) is 3.37. The number of rotatable bonds is 5. The zero-order chi connectivity index (χ0) is 21.9. The van der Waals surface area contributed by atoms with Gasteiger partial charge in [0.25, 0.3) is 0 Å². The number of fused-ring (bicyclic) bond motifs is 2. The van der Waals surface area contributed by atoms with Crippen molar-refractivity contribution in [2.24, 2.45) is 5.92 Å². The van der Waals surface area contributed by atoms with Gasteiger partial charge in [-0.05, 0) is 17.7 Å². The number of nitrogens with zero attached hydrogens (tertiary/aromatic N) is 2. The molecule has 2 heterocycles. The number of hydrogen-bond donors (Lipinski definition) is 5. The van der Waals surface area contributed by atoms with Crippen LogP contribution in [-0.4, -0.2) is 43.5 Å². The molecule has 1 fully saturated rings. The molecule has 5 N–H and O–H groups in total. The summed E-state index contributed by atoms with van der Waals surface area (Å²) in [5.74, 6) is 1.26. The van der Waals surface area contributed by atoms with Gasteiger partial charge in [0.05, 0.1) is 18.1 Å². The van der Waals surface area contributed by atoms with E-state index < -0.39 is 11.6 Å². The van der Waals surface area contributed by atoms with Crippen molar-refractivity contribution >= 4 is 22.9 Å². The van der Waals surface area contributed by atoms with Crippen LogP contribution in [0.5, 0.6) is 0 Å². The van der Waals surface area contributed by atoms with Crippen LogP contribution < -0.4 is 10.2 Å². The Morgan fingerprint density at radius 1 is 1.03 bits per heavy atom. The number of nitrogens with one attached hydrogen (secondary N) is 2. The summed E-state index contributed by atoms with van der Waals surface area (Å²) in [7, 11) is 0. The Hall–Kier alpha value is -3.52. The van der Waals surface area contributed by atoms with Gasteiger partial charge in [0, 0.05) is 17.7 Å². The van der Waals surface area contributed by atoms with Gasteiger partial charge in [-0.3, -0.25) is 4.90 Å². The molecule has 32 heavy (non-hydrogen) atoms. The van der Waals surface area contributed by atoms with Crippen LogP contribution in [-0.2, 0) is 0 Å². The molecule has 0 amide bonds. The van der Waals surface area contributed by atoms with Gasteiger partial charge < -0.3 is 20.6 Å². The molecule has 0 bridgehead atoms. The first-order chi connectivity index (χ1) is 15.6. The van der Waals surface area contributed by atoms with E-state index >= 15 is 0 Å². The van der Waals surface area contributed by atoms with E-state index in [0.29, 0.717) is 17.8 Å². The SMILES string of the molecule is OCC1=C(O)C(O)C2([NH+]3C=C(c4ccccc4)c4c(Nc5ccccc5)ncnc43)CC12. The standard InChI is InChI=1S/C25H22N4O3/c30-13-18-19-11-25(19,22(32)21(18)31)29-12-17(15-7-3-1-4-8-15)20-23(26-14-27-24(20)29)28-16-9-5-2-6-10-16/h1-10,12,14,19,22,30-32H,11,13H2,(H,26,27,28)/p+1. The molecule has 1 aromatic heterocycles. The Balaban J connectivity index is 1.50. The van der Waals surface area contributed by atoms with Crippen LogP contribution in [0.3, 0.4) is 0 Å². The maximum absolute atomic E-state index is 11.0. The van der Waals surface area contributed by atoms with Gasteiger partial charge in [-0.1, -0.05) is 48.5 Å². The van der Waals surface area contributed by atoms with Gasteiger partial charge in [-0.25, -0.2) is 4.98 Å². The fraction of sp³-hybridized carbons (Fsp3) is 0.200. The first-order valence-electron chi connectivity index (χ1n) is 10.7. The van der Waals surface area contributed by atoms with Gasteiger partial charge in [-0.15, -0.1) is 0 Å². The molecule has 3 aliphatic rings. The number of aromatic nitrogens is 2. The summed E-state index contributed by atoms with van der Waals surface area (Å²) in [5, 5.41) is 34.6. The minimum Gasteiger partial charge on any atom is -0.509 e. The lowest BCUT2D eigenvalue weighted by Gasteiger charge is -2.24. The fourth-order valence-corrected chi connectivity index (χ4v) is 5.33. The van der Waals surface area contributed by atoms with E-state index in [2.05, 4.69) is 21.5 Å². The van der Waals surface area contributed by atoms with Crippen LogP contribution in [0.15, 0.2) is 84.5 Å². The van der Waals surface area contributed by atoms with E-state index in [0.717, 1.165) is 33.1 Å². The number of benzene rings is 2. The maximum atomic E-state index is 11.0. The summed E-state index contributed by atoms with van der Waals surface area (Å²) < 4.78 is 0. The summed E-state index contributed by atoms with van der Waals surface area (Å²) in [6, 6.07) is 19.9. The predicted molar refractivity (Wildman–Crippen MR) is 119 cm³/mol. The van der Waals surface area contributed by atoms with E-state index in [1.54, 1.807) is 0 Å². The maximum Gasteiger partial charge on any atom is 0.244 e. The van der Waals surface area contributed by atoms with Crippen molar-refractivity contribution in [3.63, 3.8) is 0 Å². The summed E-state index contributed by atoms with van der Waals surface area (Å²) in [6.45, 7) is -0.255. The van der Waals surface area contributed by atoms with Crippen molar-refractivity contribution in [2.75, 3.05) is 11.9 Å². The Morgan fingerprint density at radius 3 is 2.44 bits per heavy atom. The van der Waals surface area contributed by atoms with Crippen LogP contribution in [0.4, 0.5) is 17.3 Å². The Morgan fingerprint density at radius 2 is 1.75 bits per heavy atom. The predicted octanol–water partition coefficient (Wildman–Crippen LogP) is 2.08. The molecular weight excluding hydrogens is 404 g/mol. The Kier molecular flexibility index (Phi) is 4.19. The zero-order valence-corrected chi connectivity index (χ0v) is 17.2. The molecule has 0 spiro atoms. The molecular formula is C25H23N4O3+. The normalized spacial score (nSPS) is 27.7. The van der Waals surface area contributed by atoms with E-state index in [4.69, 9.17) is 0 Å². The highest BCUT2D eigenvalue weighted by molar-refractivity contribution is 5.91. The molecule has 4 atom stereocenters. The van der Waals surface area contributed by atoms with E-state index in [1.165, 1.54) is 6.33 Å². The Bertz CT molecular complexity index is 1260. The molecule has 160 valence electrons. The van der Waals surface area contributed by atoms with E-state index in [-0.39, 0.29) is 18.3 Å². The van der Waals surface area contributed by atoms with Crippen LogP contribution in [0.1, 0.15) is 17.5 Å². The summed E-state index contributed by atoms with van der Waals surface area (Å²) in [4.78, 5) is 10.1. The summed E-state index contributed by atoms with van der Waals surface area (Å²) in [6.07, 6.45) is 3.22. The number of para-hydroxylation sites is 1. The molecule has 7 nitrogen and oxygen atoms in total. The zero-order valence-electron chi connectivity index (χ0n) is 17.2. The molecule has 3 aromatic rings. The topological polar surface area (TPSA) is 103 Å². The highest BCUT2D eigenvalue weighted by Crippen LogP contribution is 2.57. The third-order valence-electron chi connectivity index (χ3n) is 6.95. The largest absolute Gasteiger partial charge is 0.509 e. The van der Waals surface area contributed by atoms with E-state index in [1.807, 2.05) is 60.7 Å². The van der Waals surface area contributed by atoms with Crippen molar-refractivity contribution in [1.82, 2.24) is 9.97 Å². The monoisotopic (exact) mass is 427 g/mol. The third-order valence-corrected chi connectivity index (χ3v) is 6.95. The number of aliphatic hydroxyl groups is 3. The van der Waals surface area contributed by atoms with Crippen LogP contribution in [0.25, 0.3) is 5.57 Å². The van der Waals surface area contributed by atoms with Gasteiger partial charge in [0.2, 0.25) is 5.82 Å². The van der Waals surface area contributed by atoms with Gasteiger partial charge in [0.1, 0.15) is 35.2 Å². The smallest absolute Gasteiger partial charge is 0.244 e. The minimum absolute atomic E-state index is 0.0859. The third kappa shape index (κ3) is 2.59. The molecule has 1 saturated carbocycles. The number of hydrogen-bond acceptors (Lipinski definition) is 6. The van der Waals surface area contributed by atoms with Crippen LogP contribution in [0.2, 0.25) is 0 Å². The average molecular weight is 427 g/mol. The second kappa shape index (κ2) is 7.00. The quantitative estimate of drug-likeness (QED) is 0.427. The highest BCUT2D eigenvalue weighted by Gasteiger charge is 2.75. The summed E-state index contributed by atoms with van der Waals surface area (Å²) >= 11 is 0.